The second kappa shape index (κ2) is 5.61. The largest absolute Gasteiger partial charge is 0.388 e. The molecule has 0 saturated heterocycles. The molecule has 0 aromatic heterocycles. The minimum atomic E-state index is -0.121. The van der Waals surface area contributed by atoms with E-state index in [0.717, 1.165) is 12.1 Å². The van der Waals surface area contributed by atoms with Crippen LogP contribution >= 0.6 is 11.6 Å². The van der Waals surface area contributed by atoms with E-state index >= 15 is 0 Å². The van der Waals surface area contributed by atoms with Gasteiger partial charge in [-0.2, -0.15) is 0 Å². The van der Waals surface area contributed by atoms with Crippen LogP contribution in [0.15, 0.2) is 18.2 Å². The lowest BCUT2D eigenvalue weighted by Crippen LogP contribution is -2.24. The fourth-order valence-corrected chi connectivity index (χ4v) is 1.45. The van der Waals surface area contributed by atoms with Gasteiger partial charge in [-0.05, 0) is 24.6 Å². The first kappa shape index (κ1) is 11.9. The Balaban J connectivity index is 2.81. The highest BCUT2D eigenvalue weighted by molar-refractivity contribution is 6.34. The predicted octanol–water partition coefficient (Wildman–Crippen LogP) is 2.52. The van der Waals surface area contributed by atoms with E-state index in [1.807, 2.05) is 20.0 Å². The van der Waals surface area contributed by atoms with Crippen LogP contribution in [0.4, 0.5) is 5.69 Å². The molecule has 0 heterocycles. The van der Waals surface area contributed by atoms with Crippen molar-refractivity contribution in [2.45, 2.75) is 13.3 Å². The molecule has 1 aromatic rings. The predicted molar refractivity (Wildman–Crippen MR) is 63.6 cm³/mol. The summed E-state index contributed by atoms with van der Waals surface area (Å²) in [5.41, 5.74) is 1.41. The molecule has 1 rings (SSSR count). The molecule has 0 spiro atoms. The number of benzene rings is 1. The number of carbonyl (C=O) groups is 1. The van der Waals surface area contributed by atoms with Crippen molar-refractivity contribution in [1.82, 2.24) is 5.32 Å². The summed E-state index contributed by atoms with van der Waals surface area (Å²) < 4.78 is 0. The van der Waals surface area contributed by atoms with Crippen LogP contribution in [0.3, 0.4) is 0 Å². The third kappa shape index (κ3) is 3.13. The van der Waals surface area contributed by atoms with Crippen LogP contribution < -0.4 is 10.6 Å². The first-order valence-corrected chi connectivity index (χ1v) is 5.32. The van der Waals surface area contributed by atoms with Gasteiger partial charge in [0.2, 0.25) is 0 Å². The van der Waals surface area contributed by atoms with Gasteiger partial charge in [-0.1, -0.05) is 18.5 Å². The second-order valence-corrected chi connectivity index (χ2v) is 3.61. The van der Waals surface area contributed by atoms with Crippen molar-refractivity contribution in [2.75, 3.05) is 18.9 Å². The van der Waals surface area contributed by atoms with Crippen molar-refractivity contribution in [3.05, 3.63) is 28.8 Å². The Morgan fingerprint density at radius 1 is 1.47 bits per heavy atom. The first-order chi connectivity index (χ1) is 7.19. The third-order valence-electron chi connectivity index (χ3n) is 2.04. The average Bonchev–Trinajstić information content (AvgIpc) is 2.25. The van der Waals surface area contributed by atoms with E-state index in [-0.39, 0.29) is 5.91 Å². The molecule has 0 unspecified atom stereocenters. The van der Waals surface area contributed by atoms with Gasteiger partial charge < -0.3 is 10.6 Å². The molecule has 1 amide bonds. The first-order valence-electron chi connectivity index (χ1n) is 4.94. The zero-order valence-corrected chi connectivity index (χ0v) is 9.69. The molecule has 2 N–H and O–H groups in total. The number of nitrogens with one attached hydrogen (secondary N) is 2. The Hall–Kier alpha value is -1.22. The molecule has 0 aliphatic carbocycles. The molecule has 0 saturated carbocycles. The molecule has 0 aliphatic heterocycles. The molecular weight excluding hydrogens is 212 g/mol. The monoisotopic (exact) mass is 226 g/mol. The zero-order chi connectivity index (χ0) is 11.3. The fraction of sp³-hybridized carbons (Fsp3) is 0.364. The van der Waals surface area contributed by atoms with Gasteiger partial charge >= 0.3 is 0 Å². The second-order valence-electron chi connectivity index (χ2n) is 3.20. The lowest BCUT2D eigenvalue weighted by Gasteiger charge is -2.07. The number of rotatable bonds is 4. The van der Waals surface area contributed by atoms with Gasteiger partial charge in [0, 0.05) is 19.3 Å². The number of halogens is 1. The van der Waals surface area contributed by atoms with Gasteiger partial charge in [-0.25, -0.2) is 0 Å². The molecule has 1 aromatic carbocycles. The van der Waals surface area contributed by atoms with Crippen LogP contribution in [0.25, 0.3) is 0 Å². The van der Waals surface area contributed by atoms with Crippen molar-refractivity contribution in [3.63, 3.8) is 0 Å². The number of hydrogen-bond acceptors (Lipinski definition) is 2. The highest BCUT2D eigenvalue weighted by atomic mass is 35.5. The van der Waals surface area contributed by atoms with Crippen LogP contribution in [0.1, 0.15) is 23.7 Å². The maximum absolute atomic E-state index is 11.6. The highest BCUT2D eigenvalue weighted by Gasteiger charge is 2.09. The number of anilines is 1. The van der Waals surface area contributed by atoms with Gasteiger partial charge in [0.1, 0.15) is 0 Å². The summed E-state index contributed by atoms with van der Waals surface area (Å²) in [7, 11) is 1.81. The summed E-state index contributed by atoms with van der Waals surface area (Å²) in [5, 5.41) is 6.21. The standard InChI is InChI=1S/C11H15ClN2O/c1-3-6-14-11(15)9-5-4-8(13-2)7-10(9)12/h4-5,7,13H,3,6H2,1-2H3,(H,14,15). The Morgan fingerprint density at radius 3 is 2.73 bits per heavy atom. The van der Waals surface area contributed by atoms with Gasteiger partial charge in [-0.3, -0.25) is 4.79 Å². The van der Waals surface area contributed by atoms with Crippen LogP contribution in [0, 0.1) is 0 Å². The SMILES string of the molecule is CCCNC(=O)c1ccc(NC)cc1Cl. The Kier molecular flexibility index (Phi) is 4.43. The Labute approximate surface area is 94.8 Å². The van der Waals surface area contributed by atoms with Gasteiger partial charge in [0.05, 0.1) is 10.6 Å². The number of hydrogen-bond donors (Lipinski definition) is 2. The van der Waals surface area contributed by atoms with E-state index in [1.165, 1.54) is 0 Å². The van der Waals surface area contributed by atoms with Crippen molar-refractivity contribution in [2.24, 2.45) is 0 Å². The van der Waals surface area contributed by atoms with Crippen LogP contribution in [-0.4, -0.2) is 19.5 Å². The highest BCUT2D eigenvalue weighted by Crippen LogP contribution is 2.20. The zero-order valence-electron chi connectivity index (χ0n) is 8.93. The summed E-state index contributed by atoms with van der Waals surface area (Å²) >= 11 is 5.98. The fourth-order valence-electron chi connectivity index (χ4n) is 1.19. The Bertz CT molecular complexity index is 352. The normalized spacial score (nSPS) is 9.80. The summed E-state index contributed by atoms with van der Waals surface area (Å²) in [6.45, 7) is 2.68. The summed E-state index contributed by atoms with van der Waals surface area (Å²) in [6, 6.07) is 5.29. The lowest BCUT2D eigenvalue weighted by molar-refractivity contribution is 0.0954. The third-order valence-corrected chi connectivity index (χ3v) is 2.35. The quantitative estimate of drug-likeness (QED) is 0.829. The summed E-state index contributed by atoms with van der Waals surface area (Å²) in [5.74, 6) is -0.121. The molecule has 0 radical (unpaired) electrons. The van der Waals surface area contributed by atoms with Crippen LogP contribution in [0.5, 0.6) is 0 Å². The molecule has 0 atom stereocenters. The maximum atomic E-state index is 11.6. The number of amides is 1. The minimum Gasteiger partial charge on any atom is -0.388 e. The summed E-state index contributed by atoms with van der Waals surface area (Å²) in [6.07, 6.45) is 0.915. The van der Waals surface area contributed by atoms with E-state index in [4.69, 9.17) is 11.6 Å². The number of carbonyl (C=O) groups excluding carboxylic acids is 1. The van der Waals surface area contributed by atoms with Crippen molar-refractivity contribution in [1.29, 1.82) is 0 Å². The molecule has 3 nitrogen and oxygen atoms in total. The van der Waals surface area contributed by atoms with Crippen LogP contribution in [-0.2, 0) is 0 Å². The lowest BCUT2D eigenvalue weighted by atomic mass is 10.2. The minimum absolute atomic E-state index is 0.121. The topological polar surface area (TPSA) is 41.1 Å². The maximum Gasteiger partial charge on any atom is 0.252 e. The van der Waals surface area contributed by atoms with Crippen molar-refractivity contribution < 1.29 is 4.79 Å². The molecule has 15 heavy (non-hydrogen) atoms. The van der Waals surface area contributed by atoms with E-state index in [1.54, 1.807) is 12.1 Å². The average molecular weight is 227 g/mol. The van der Waals surface area contributed by atoms with Gasteiger partial charge in [0.25, 0.3) is 5.91 Å². The molecule has 4 heteroatoms. The molecule has 82 valence electrons. The molecule has 0 fully saturated rings. The van der Waals surface area contributed by atoms with Crippen molar-refractivity contribution in [3.8, 4) is 0 Å². The van der Waals surface area contributed by atoms with E-state index in [2.05, 4.69) is 10.6 Å². The van der Waals surface area contributed by atoms with Crippen molar-refractivity contribution >= 4 is 23.2 Å². The molecular formula is C11H15ClN2O. The van der Waals surface area contributed by atoms with E-state index < -0.39 is 0 Å². The van der Waals surface area contributed by atoms with Gasteiger partial charge in [0.15, 0.2) is 0 Å². The van der Waals surface area contributed by atoms with E-state index in [0.29, 0.717) is 17.1 Å². The smallest absolute Gasteiger partial charge is 0.252 e. The molecule has 0 aliphatic rings. The van der Waals surface area contributed by atoms with E-state index in [9.17, 15) is 4.79 Å². The summed E-state index contributed by atoms with van der Waals surface area (Å²) in [4.78, 5) is 11.6. The van der Waals surface area contributed by atoms with Gasteiger partial charge in [-0.15, -0.1) is 0 Å². The Morgan fingerprint density at radius 2 is 2.20 bits per heavy atom. The van der Waals surface area contributed by atoms with Crippen LogP contribution in [0.2, 0.25) is 5.02 Å². The molecule has 0 bridgehead atoms.